The molecule has 1 aromatic rings. The molecule has 2 N–H and O–H groups in total. The standard InChI is InChI=1S/C24H33F3N2O5/c1-22(2,3)34-21(31)28-17-10-13-29(15-17)20(30)19(23(32)11-5-4-6-12-23)16-8-7-9-18(14-16)33-24(25,26)27/h7-9,14,17,19,32H,4-6,10-13,15H2,1-3H3,(H,28,31)/t17-,19+/m1/s1. The minimum atomic E-state index is -4.87. The highest BCUT2D eigenvalue weighted by Gasteiger charge is 2.46. The van der Waals surface area contributed by atoms with Crippen LogP contribution in [0.15, 0.2) is 24.3 Å². The second kappa shape index (κ2) is 10.0. The maximum absolute atomic E-state index is 13.7. The van der Waals surface area contributed by atoms with Crippen molar-refractivity contribution in [1.29, 1.82) is 0 Å². The van der Waals surface area contributed by atoms with E-state index in [0.29, 0.717) is 25.8 Å². The maximum atomic E-state index is 13.7. The molecule has 2 amide bonds. The fraction of sp³-hybridized carbons (Fsp3) is 0.667. The van der Waals surface area contributed by atoms with Gasteiger partial charge >= 0.3 is 12.5 Å². The molecule has 0 aromatic heterocycles. The molecule has 1 heterocycles. The average Bonchev–Trinajstić information content (AvgIpc) is 3.14. The van der Waals surface area contributed by atoms with Crippen molar-refractivity contribution in [1.82, 2.24) is 10.2 Å². The fourth-order valence-electron chi connectivity index (χ4n) is 4.76. The Balaban J connectivity index is 1.80. The van der Waals surface area contributed by atoms with Gasteiger partial charge in [-0.2, -0.15) is 0 Å². The zero-order valence-corrected chi connectivity index (χ0v) is 19.8. The number of amides is 2. The number of nitrogens with zero attached hydrogens (tertiary/aromatic N) is 1. The highest BCUT2D eigenvalue weighted by molar-refractivity contribution is 5.86. The van der Waals surface area contributed by atoms with Crippen LogP contribution in [0.5, 0.6) is 5.75 Å². The number of benzene rings is 1. The van der Waals surface area contributed by atoms with Crippen molar-refractivity contribution in [2.24, 2.45) is 0 Å². The van der Waals surface area contributed by atoms with Gasteiger partial charge in [0.15, 0.2) is 0 Å². The number of likely N-dealkylation sites (tertiary alicyclic amines) is 1. The number of hydrogen-bond donors (Lipinski definition) is 2. The quantitative estimate of drug-likeness (QED) is 0.640. The Morgan fingerprint density at radius 1 is 1.18 bits per heavy atom. The summed E-state index contributed by atoms with van der Waals surface area (Å²) in [5, 5.41) is 14.2. The van der Waals surface area contributed by atoms with Crippen LogP contribution >= 0.6 is 0 Å². The first kappa shape index (κ1) is 26.1. The van der Waals surface area contributed by atoms with E-state index in [1.165, 1.54) is 18.2 Å². The van der Waals surface area contributed by atoms with Crippen LogP contribution in [0, 0.1) is 0 Å². The molecule has 1 aliphatic carbocycles. The highest BCUT2D eigenvalue weighted by Crippen LogP contribution is 2.42. The zero-order chi connectivity index (χ0) is 25.1. The van der Waals surface area contributed by atoms with Crippen LogP contribution in [0.1, 0.15) is 70.8 Å². The Labute approximate surface area is 197 Å². The Morgan fingerprint density at radius 3 is 2.47 bits per heavy atom. The van der Waals surface area contributed by atoms with E-state index >= 15 is 0 Å². The smallest absolute Gasteiger partial charge is 0.444 e. The normalized spacial score (nSPS) is 21.6. The van der Waals surface area contributed by atoms with Crippen LogP contribution in [0.25, 0.3) is 0 Å². The first-order valence-electron chi connectivity index (χ1n) is 11.6. The summed E-state index contributed by atoms with van der Waals surface area (Å²) in [6.07, 6.45) is -1.81. The van der Waals surface area contributed by atoms with E-state index in [9.17, 15) is 27.9 Å². The average molecular weight is 487 g/mol. The number of carbonyl (C=O) groups is 2. The fourth-order valence-corrected chi connectivity index (χ4v) is 4.76. The molecular weight excluding hydrogens is 453 g/mol. The molecule has 190 valence electrons. The predicted molar refractivity (Wildman–Crippen MR) is 118 cm³/mol. The van der Waals surface area contributed by atoms with Gasteiger partial charge < -0.3 is 24.8 Å². The molecule has 1 saturated heterocycles. The first-order valence-corrected chi connectivity index (χ1v) is 11.6. The Kier molecular flexibility index (Phi) is 7.69. The van der Waals surface area contributed by atoms with Crippen LogP contribution in [0.3, 0.4) is 0 Å². The van der Waals surface area contributed by atoms with E-state index in [4.69, 9.17) is 4.74 Å². The lowest BCUT2D eigenvalue weighted by Crippen LogP contribution is -2.48. The molecular formula is C24H33F3N2O5. The van der Waals surface area contributed by atoms with Gasteiger partial charge in [-0.3, -0.25) is 4.79 Å². The van der Waals surface area contributed by atoms with E-state index in [0.717, 1.165) is 19.3 Å². The number of alkyl halides is 3. The molecule has 7 nitrogen and oxygen atoms in total. The molecule has 10 heteroatoms. The summed E-state index contributed by atoms with van der Waals surface area (Å²) in [6, 6.07) is 4.96. The Morgan fingerprint density at radius 2 is 1.85 bits per heavy atom. The molecule has 0 unspecified atom stereocenters. The van der Waals surface area contributed by atoms with Crippen molar-refractivity contribution in [3.05, 3.63) is 29.8 Å². The van der Waals surface area contributed by atoms with Gasteiger partial charge in [0.1, 0.15) is 11.4 Å². The molecule has 0 spiro atoms. The zero-order valence-electron chi connectivity index (χ0n) is 19.8. The second-order valence-corrected chi connectivity index (χ2v) is 10.1. The van der Waals surface area contributed by atoms with Gasteiger partial charge in [0.2, 0.25) is 5.91 Å². The van der Waals surface area contributed by atoms with Gasteiger partial charge in [0.25, 0.3) is 0 Å². The third kappa shape index (κ3) is 7.01. The molecule has 2 aliphatic rings. The summed E-state index contributed by atoms with van der Waals surface area (Å²) in [7, 11) is 0. The van der Waals surface area contributed by atoms with Crippen molar-refractivity contribution < 1.29 is 37.3 Å². The summed E-state index contributed by atoms with van der Waals surface area (Å²) >= 11 is 0. The minimum absolute atomic E-state index is 0.226. The highest BCUT2D eigenvalue weighted by atomic mass is 19.4. The number of nitrogens with one attached hydrogen (secondary N) is 1. The topological polar surface area (TPSA) is 88.1 Å². The van der Waals surface area contributed by atoms with Crippen LogP contribution < -0.4 is 10.1 Å². The lowest BCUT2D eigenvalue weighted by Gasteiger charge is -2.40. The van der Waals surface area contributed by atoms with Crippen LogP contribution in [-0.4, -0.2) is 58.7 Å². The summed E-state index contributed by atoms with van der Waals surface area (Å²) in [6.45, 7) is 5.84. The first-order chi connectivity index (χ1) is 15.8. The maximum Gasteiger partial charge on any atom is 0.573 e. The molecule has 2 fully saturated rings. The number of aliphatic hydroxyl groups is 1. The molecule has 1 aliphatic heterocycles. The number of halogens is 3. The summed E-state index contributed by atoms with van der Waals surface area (Å²) in [4.78, 5) is 27.3. The lowest BCUT2D eigenvalue weighted by molar-refractivity contribution is -0.274. The predicted octanol–water partition coefficient (Wildman–Crippen LogP) is 4.49. The number of hydrogen-bond acceptors (Lipinski definition) is 5. The number of carbonyl (C=O) groups excluding carboxylic acids is 2. The van der Waals surface area contributed by atoms with E-state index in [1.54, 1.807) is 31.7 Å². The minimum Gasteiger partial charge on any atom is -0.444 e. The SMILES string of the molecule is CC(C)(C)OC(=O)N[C@@H]1CCN(C(=O)[C@H](c2cccc(OC(F)(F)F)c2)C2(O)CCCCC2)C1. The molecule has 3 rings (SSSR count). The molecule has 1 saturated carbocycles. The largest absolute Gasteiger partial charge is 0.573 e. The monoisotopic (exact) mass is 486 g/mol. The second-order valence-electron chi connectivity index (χ2n) is 10.1. The summed E-state index contributed by atoms with van der Waals surface area (Å²) < 4.78 is 47.6. The van der Waals surface area contributed by atoms with Crippen molar-refractivity contribution in [3.63, 3.8) is 0 Å². The van der Waals surface area contributed by atoms with E-state index in [-0.39, 0.29) is 24.1 Å². The van der Waals surface area contributed by atoms with E-state index in [1.807, 2.05) is 0 Å². The molecule has 34 heavy (non-hydrogen) atoms. The third-order valence-electron chi connectivity index (χ3n) is 6.15. The third-order valence-corrected chi connectivity index (χ3v) is 6.15. The number of rotatable bonds is 5. The van der Waals surface area contributed by atoms with Crippen LogP contribution in [0.4, 0.5) is 18.0 Å². The molecule has 0 bridgehead atoms. The van der Waals surface area contributed by atoms with Crippen molar-refractivity contribution >= 4 is 12.0 Å². The Bertz CT molecular complexity index is 878. The van der Waals surface area contributed by atoms with E-state index in [2.05, 4.69) is 10.1 Å². The van der Waals surface area contributed by atoms with Crippen LogP contribution in [0.2, 0.25) is 0 Å². The van der Waals surface area contributed by atoms with Crippen molar-refractivity contribution in [2.45, 2.75) is 88.8 Å². The summed E-state index contributed by atoms with van der Waals surface area (Å²) in [5.74, 6) is -1.85. The van der Waals surface area contributed by atoms with Crippen LogP contribution in [-0.2, 0) is 9.53 Å². The van der Waals surface area contributed by atoms with Gasteiger partial charge in [0, 0.05) is 13.1 Å². The van der Waals surface area contributed by atoms with Gasteiger partial charge in [-0.25, -0.2) is 4.79 Å². The number of ether oxygens (including phenoxy) is 2. The summed E-state index contributed by atoms with van der Waals surface area (Å²) in [5.41, 5.74) is -1.75. The van der Waals surface area contributed by atoms with Gasteiger partial charge in [-0.15, -0.1) is 13.2 Å². The molecule has 1 aromatic carbocycles. The lowest BCUT2D eigenvalue weighted by atomic mass is 9.72. The Hall–Kier alpha value is -2.49. The van der Waals surface area contributed by atoms with Gasteiger partial charge in [-0.1, -0.05) is 31.4 Å². The van der Waals surface area contributed by atoms with Crippen molar-refractivity contribution in [2.75, 3.05) is 13.1 Å². The van der Waals surface area contributed by atoms with Gasteiger partial charge in [-0.05, 0) is 57.7 Å². The van der Waals surface area contributed by atoms with Crippen molar-refractivity contribution in [3.8, 4) is 5.75 Å². The number of alkyl carbamates (subject to hydrolysis) is 1. The molecule has 2 atom stereocenters. The van der Waals surface area contributed by atoms with Gasteiger partial charge in [0.05, 0.1) is 17.6 Å². The molecule has 0 radical (unpaired) electrons. The van der Waals surface area contributed by atoms with E-state index < -0.39 is 35.3 Å².